The monoisotopic (exact) mass is 414 g/mol. The van der Waals surface area contributed by atoms with Crippen LogP contribution in [0.1, 0.15) is 39.7 Å². The molecule has 1 fully saturated rings. The van der Waals surface area contributed by atoms with Gasteiger partial charge < -0.3 is 15.1 Å². The van der Waals surface area contributed by atoms with Gasteiger partial charge in [-0.1, -0.05) is 27.7 Å². The first-order chi connectivity index (χ1) is 13.5. The van der Waals surface area contributed by atoms with E-state index in [1.807, 2.05) is 32.6 Å². The molecule has 0 bridgehead atoms. The summed E-state index contributed by atoms with van der Waals surface area (Å²) in [7, 11) is 0. The highest BCUT2D eigenvalue weighted by Gasteiger charge is 2.32. The van der Waals surface area contributed by atoms with Crippen molar-refractivity contribution < 1.29 is 22.8 Å². The van der Waals surface area contributed by atoms with Gasteiger partial charge in [-0.05, 0) is 24.0 Å². The topological polar surface area (TPSA) is 65.5 Å². The summed E-state index contributed by atoms with van der Waals surface area (Å²) >= 11 is 0. The number of hydrogen-bond acceptors (Lipinski definition) is 4. The van der Waals surface area contributed by atoms with Crippen LogP contribution in [0.5, 0.6) is 0 Å². The Morgan fingerprint density at radius 3 is 2.17 bits per heavy atom. The molecule has 2 amide bonds. The van der Waals surface area contributed by atoms with Gasteiger partial charge >= 0.3 is 6.18 Å². The third kappa shape index (κ3) is 6.33. The zero-order chi connectivity index (χ0) is 21.8. The van der Waals surface area contributed by atoms with E-state index in [0.29, 0.717) is 38.4 Å². The zero-order valence-corrected chi connectivity index (χ0v) is 17.3. The first kappa shape index (κ1) is 23.0. The molecular formula is C20H29F3N4O2. The summed E-state index contributed by atoms with van der Waals surface area (Å²) in [5.74, 6) is 0.346. The molecule has 2 rings (SSSR count). The third-order valence-corrected chi connectivity index (χ3v) is 4.83. The molecule has 1 unspecified atom stereocenters. The smallest absolute Gasteiger partial charge is 0.353 e. The predicted molar refractivity (Wildman–Crippen MR) is 104 cm³/mol. The Morgan fingerprint density at radius 1 is 1.10 bits per heavy atom. The molecule has 162 valence electrons. The van der Waals surface area contributed by atoms with Gasteiger partial charge in [-0.2, -0.15) is 13.2 Å². The van der Waals surface area contributed by atoms with Gasteiger partial charge in [0, 0.05) is 38.8 Å². The number of rotatable bonds is 6. The first-order valence-corrected chi connectivity index (χ1v) is 9.85. The van der Waals surface area contributed by atoms with Crippen LogP contribution in [0.15, 0.2) is 18.3 Å². The summed E-state index contributed by atoms with van der Waals surface area (Å²) < 4.78 is 38.0. The van der Waals surface area contributed by atoms with Crippen LogP contribution < -0.4 is 10.2 Å². The standard InChI is InChI=1S/C20H29F3N4O2/c1-13(2)11-17(28)25-18(14(3)4)19(29)27-9-7-26(8-10-27)16-6-5-15(12-24-16)20(21,22)23/h5-6,12-14,18H,7-11H2,1-4H3,(H,25,28). The van der Waals surface area contributed by atoms with Crippen molar-refractivity contribution in [3.63, 3.8) is 0 Å². The maximum atomic E-state index is 12.9. The van der Waals surface area contributed by atoms with E-state index in [1.165, 1.54) is 6.07 Å². The van der Waals surface area contributed by atoms with E-state index < -0.39 is 17.8 Å². The lowest BCUT2D eigenvalue weighted by molar-refractivity contribution is -0.138. The van der Waals surface area contributed by atoms with Crippen LogP contribution in [0, 0.1) is 11.8 Å². The molecule has 29 heavy (non-hydrogen) atoms. The van der Waals surface area contributed by atoms with E-state index in [1.54, 1.807) is 4.90 Å². The van der Waals surface area contributed by atoms with Gasteiger partial charge in [0.25, 0.3) is 0 Å². The minimum atomic E-state index is -4.41. The predicted octanol–water partition coefficient (Wildman–Crippen LogP) is 2.94. The molecule has 9 heteroatoms. The van der Waals surface area contributed by atoms with Crippen molar-refractivity contribution in [3.8, 4) is 0 Å². The van der Waals surface area contributed by atoms with Gasteiger partial charge in [-0.25, -0.2) is 4.98 Å². The maximum absolute atomic E-state index is 12.9. The lowest BCUT2D eigenvalue weighted by Gasteiger charge is -2.37. The zero-order valence-electron chi connectivity index (χ0n) is 17.3. The van der Waals surface area contributed by atoms with Crippen LogP contribution in [0.25, 0.3) is 0 Å². The molecular weight excluding hydrogens is 385 g/mol. The number of nitrogens with one attached hydrogen (secondary N) is 1. The van der Waals surface area contributed by atoms with Gasteiger partial charge in [0.05, 0.1) is 5.56 Å². The largest absolute Gasteiger partial charge is 0.417 e. The highest BCUT2D eigenvalue weighted by atomic mass is 19.4. The molecule has 2 heterocycles. The number of amides is 2. The van der Waals surface area contributed by atoms with Crippen LogP contribution in [-0.2, 0) is 15.8 Å². The minimum Gasteiger partial charge on any atom is -0.353 e. The van der Waals surface area contributed by atoms with E-state index in [2.05, 4.69) is 10.3 Å². The highest BCUT2D eigenvalue weighted by Crippen LogP contribution is 2.29. The summed E-state index contributed by atoms with van der Waals surface area (Å²) in [5, 5.41) is 2.85. The van der Waals surface area contributed by atoms with Crippen molar-refractivity contribution in [3.05, 3.63) is 23.9 Å². The van der Waals surface area contributed by atoms with E-state index in [0.717, 1.165) is 12.3 Å². The van der Waals surface area contributed by atoms with Gasteiger partial charge in [0.1, 0.15) is 11.9 Å². The fourth-order valence-electron chi connectivity index (χ4n) is 3.21. The number of carbonyl (C=O) groups excluding carboxylic acids is 2. The van der Waals surface area contributed by atoms with Gasteiger partial charge in [0.2, 0.25) is 11.8 Å². The number of nitrogens with zero attached hydrogens (tertiary/aromatic N) is 3. The quantitative estimate of drug-likeness (QED) is 0.777. The molecule has 0 spiro atoms. The van der Waals surface area contributed by atoms with Crippen LogP contribution in [0.4, 0.5) is 19.0 Å². The number of pyridine rings is 1. The van der Waals surface area contributed by atoms with Crippen LogP contribution >= 0.6 is 0 Å². The van der Waals surface area contributed by atoms with Gasteiger partial charge in [0.15, 0.2) is 0 Å². The number of carbonyl (C=O) groups is 2. The number of aromatic nitrogens is 1. The van der Waals surface area contributed by atoms with Crippen molar-refractivity contribution in [1.29, 1.82) is 0 Å². The lowest BCUT2D eigenvalue weighted by atomic mass is 10.0. The summed E-state index contributed by atoms with van der Waals surface area (Å²) in [6.45, 7) is 9.45. The lowest BCUT2D eigenvalue weighted by Crippen LogP contribution is -2.56. The Hall–Kier alpha value is -2.32. The van der Waals surface area contributed by atoms with Crippen molar-refractivity contribution in [1.82, 2.24) is 15.2 Å². The van der Waals surface area contributed by atoms with E-state index in [9.17, 15) is 22.8 Å². The molecule has 0 aromatic carbocycles. The molecule has 1 aliphatic rings. The van der Waals surface area contributed by atoms with Gasteiger partial charge in [-0.3, -0.25) is 9.59 Å². The molecule has 0 radical (unpaired) electrons. The van der Waals surface area contributed by atoms with Crippen molar-refractivity contribution in [2.24, 2.45) is 11.8 Å². The summed E-state index contributed by atoms with van der Waals surface area (Å²) in [6.07, 6.45) is -3.22. The number of anilines is 1. The second kappa shape index (κ2) is 9.45. The second-order valence-corrected chi connectivity index (χ2v) is 8.10. The second-order valence-electron chi connectivity index (χ2n) is 8.10. The van der Waals surface area contributed by atoms with Crippen LogP contribution in [0.2, 0.25) is 0 Å². The Morgan fingerprint density at radius 2 is 1.72 bits per heavy atom. The Labute approximate surface area is 169 Å². The minimum absolute atomic E-state index is 0.0479. The SMILES string of the molecule is CC(C)CC(=O)NC(C(=O)N1CCN(c2ccc(C(F)(F)F)cn2)CC1)C(C)C. The molecule has 0 aliphatic carbocycles. The number of piperazine rings is 1. The van der Waals surface area contributed by atoms with E-state index in [4.69, 9.17) is 0 Å². The van der Waals surface area contributed by atoms with Crippen molar-refractivity contribution >= 4 is 17.6 Å². The van der Waals surface area contributed by atoms with E-state index >= 15 is 0 Å². The van der Waals surface area contributed by atoms with Crippen molar-refractivity contribution in [2.75, 3.05) is 31.1 Å². The fraction of sp³-hybridized carbons (Fsp3) is 0.650. The Kier molecular flexibility index (Phi) is 7.48. The molecule has 1 atom stereocenters. The molecule has 1 N–H and O–H groups in total. The third-order valence-electron chi connectivity index (χ3n) is 4.83. The number of alkyl halides is 3. The first-order valence-electron chi connectivity index (χ1n) is 9.85. The maximum Gasteiger partial charge on any atom is 0.417 e. The summed E-state index contributed by atoms with van der Waals surface area (Å²) in [6, 6.07) is 1.78. The number of halogens is 3. The van der Waals surface area contributed by atoms with E-state index in [-0.39, 0.29) is 23.7 Å². The average molecular weight is 414 g/mol. The van der Waals surface area contributed by atoms with Crippen LogP contribution in [0.3, 0.4) is 0 Å². The molecule has 0 saturated carbocycles. The number of hydrogen-bond donors (Lipinski definition) is 1. The molecule has 1 saturated heterocycles. The fourth-order valence-corrected chi connectivity index (χ4v) is 3.21. The molecule has 6 nitrogen and oxygen atoms in total. The average Bonchev–Trinajstić information content (AvgIpc) is 2.64. The highest BCUT2D eigenvalue weighted by molar-refractivity contribution is 5.88. The molecule has 1 aromatic heterocycles. The Balaban J connectivity index is 1.96. The summed E-state index contributed by atoms with van der Waals surface area (Å²) in [4.78, 5) is 32.5. The van der Waals surface area contributed by atoms with Crippen LogP contribution in [-0.4, -0.2) is 53.9 Å². The van der Waals surface area contributed by atoms with Gasteiger partial charge in [-0.15, -0.1) is 0 Å². The van der Waals surface area contributed by atoms with Crippen molar-refractivity contribution in [2.45, 2.75) is 46.3 Å². The molecule has 1 aliphatic heterocycles. The molecule has 1 aromatic rings. The normalized spacial score (nSPS) is 16.3. The summed E-state index contributed by atoms with van der Waals surface area (Å²) in [5.41, 5.74) is -0.785. The Bertz CT molecular complexity index is 697.